The number of aliphatic hydroxyl groups is 1. The zero-order valence-electron chi connectivity index (χ0n) is 10.7. The molecule has 0 atom stereocenters. The highest BCUT2D eigenvalue weighted by molar-refractivity contribution is 8.00. The minimum absolute atomic E-state index is 0.0620. The van der Waals surface area contributed by atoms with Crippen molar-refractivity contribution in [2.45, 2.75) is 50.6 Å². The molecule has 1 aliphatic carbocycles. The Labute approximate surface area is 111 Å². The van der Waals surface area contributed by atoms with Crippen LogP contribution in [0.1, 0.15) is 39.0 Å². The van der Waals surface area contributed by atoms with Crippen LogP contribution in [-0.4, -0.2) is 35.6 Å². The summed E-state index contributed by atoms with van der Waals surface area (Å²) in [6.07, 6.45) is 3.36. The summed E-state index contributed by atoms with van der Waals surface area (Å²) >= 11 is 0.0697. The number of hydrogen-bond donors (Lipinski definition) is 2. The number of nitrogens with one attached hydrogen (secondary N) is 1. The Balaban J connectivity index is 2.45. The van der Waals surface area contributed by atoms with Gasteiger partial charge in [0.25, 0.3) is 0 Å². The molecule has 108 valence electrons. The van der Waals surface area contributed by atoms with Gasteiger partial charge in [0.05, 0.1) is 6.10 Å². The minimum Gasteiger partial charge on any atom is -0.393 e. The average Bonchev–Trinajstić information content (AvgIpc) is 2.29. The van der Waals surface area contributed by atoms with Gasteiger partial charge in [-0.25, -0.2) is 0 Å². The van der Waals surface area contributed by atoms with Gasteiger partial charge in [0.2, 0.25) is 0 Å². The number of rotatable bonds is 6. The summed E-state index contributed by atoms with van der Waals surface area (Å²) < 4.78 is 36.5. The van der Waals surface area contributed by atoms with E-state index in [0.717, 1.165) is 25.9 Å². The zero-order chi connectivity index (χ0) is 13.6. The molecule has 0 heterocycles. The first kappa shape index (κ1) is 16.1. The Hall–Kier alpha value is 0.0600. The highest BCUT2D eigenvalue weighted by Gasteiger charge is 2.36. The molecule has 1 aliphatic rings. The number of hydrogen-bond acceptors (Lipinski definition) is 3. The summed E-state index contributed by atoms with van der Waals surface area (Å²) in [7, 11) is 0. The molecule has 1 fully saturated rings. The van der Waals surface area contributed by atoms with Gasteiger partial charge in [-0.3, -0.25) is 0 Å². The predicted octanol–water partition coefficient (Wildman–Crippen LogP) is 3.16. The van der Waals surface area contributed by atoms with Crippen LogP contribution >= 0.6 is 11.8 Å². The number of aliphatic hydroxyl groups excluding tert-OH is 1. The van der Waals surface area contributed by atoms with E-state index in [2.05, 4.69) is 5.32 Å². The summed E-state index contributed by atoms with van der Waals surface area (Å²) in [5.41, 5.74) is -4.19. The Morgan fingerprint density at radius 3 is 2.44 bits per heavy atom. The summed E-state index contributed by atoms with van der Waals surface area (Å²) in [6.45, 7) is 3.58. The van der Waals surface area contributed by atoms with E-state index in [4.69, 9.17) is 0 Å². The van der Waals surface area contributed by atoms with Crippen molar-refractivity contribution in [3.8, 4) is 0 Å². The fraction of sp³-hybridized carbons (Fsp3) is 1.00. The maximum Gasteiger partial charge on any atom is 0.441 e. The zero-order valence-corrected chi connectivity index (χ0v) is 11.5. The van der Waals surface area contributed by atoms with E-state index >= 15 is 0 Å². The molecule has 6 heteroatoms. The number of alkyl halides is 3. The first-order valence-corrected chi connectivity index (χ1v) is 7.45. The lowest BCUT2D eigenvalue weighted by molar-refractivity contribution is -0.0330. The van der Waals surface area contributed by atoms with Crippen molar-refractivity contribution in [1.82, 2.24) is 5.32 Å². The lowest BCUT2D eigenvalue weighted by Gasteiger charge is -2.39. The van der Waals surface area contributed by atoms with Gasteiger partial charge < -0.3 is 10.4 Å². The van der Waals surface area contributed by atoms with Crippen LogP contribution in [-0.2, 0) is 0 Å². The SMILES string of the molecule is CCNCC1(CCSC(F)(F)F)CCC(O)CC1. The molecular formula is C12H22F3NOS. The van der Waals surface area contributed by atoms with Crippen molar-refractivity contribution in [1.29, 1.82) is 0 Å². The summed E-state index contributed by atoms with van der Waals surface area (Å²) in [5.74, 6) is 0.116. The molecule has 0 amide bonds. The van der Waals surface area contributed by atoms with Gasteiger partial charge in [0.15, 0.2) is 0 Å². The van der Waals surface area contributed by atoms with E-state index in [-0.39, 0.29) is 29.0 Å². The Morgan fingerprint density at radius 2 is 1.94 bits per heavy atom. The van der Waals surface area contributed by atoms with Gasteiger partial charge in [-0.05, 0) is 44.1 Å². The molecule has 0 aliphatic heterocycles. The quantitative estimate of drug-likeness (QED) is 0.786. The highest BCUT2D eigenvalue weighted by atomic mass is 32.2. The van der Waals surface area contributed by atoms with E-state index in [1.165, 1.54) is 0 Å². The molecule has 0 aromatic carbocycles. The van der Waals surface area contributed by atoms with E-state index < -0.39 is 5.51 Å². The Kier molecular flexibility index (Phi) is 6.27. The molecule has 0 aromatic heterocycles. The van der Waals surface area contributed by atoms with Crippen LogP contribution in [0, 0.1) is 5.41 Å². The maximum absolute atomic E-state index is 12.2. The second-order valence-corrected chi connectivity index (χ2v) is 6.22. The van der Waals surface area contributed by atoms with Crippen LogP contribution in [0.25, 0.3) is 0 Å². The standard InChI is InChI=1S/C12H22F3NOS/c1-2-16-9-11(5-3-10(17)4-6-11)7-8-18-12(13,14)15/h10,16-17H,2-9H2,1H3. The first-order chi connectivity index (χ1) is 8.37. The third kappa shape index (κ3) is 5.80. The van der Waals surface area contributed by atoms with Crippen molar-refractivity contribution >= 4 is 11.8 Å². The van der Waals surface area contributed by atoms with Crippen LogP contribution in [0.15, 0.2) is 0 Å². The highest BCUT2D eigenvalue weighted by Crippen LogP contribution is 2.41. The molecule has 0 bridgehead atoms. The fourth-order valence-corrected chi connectivity index (χ4v) is 3.27. The fourth-order valence-electron chi connectivity index (χ4n) is 2.50. The van der Waals surface area contributed by atoms with Crippen LogP contribution < -0.4 is 5.32 Å². The van der Waals surface area contributed by atoms with Crippen LogP contribution in [0.2, 0.25) is 0 Å². The van der Waals surface area contributed by atoms with Crippen LogP contribution in [0.5, 0.6) is 0 Å². The third-order valence-corrected chi connectivity index (χ3v) is 4.40. The summed E-state index contributed by atoms with van der Waals surface area (Å²) in [4.78, 5) is 0. The molecule has 0 unspecified atom stereocenters. The van der Waals surface area contributed by atoms with Gasteiger partial charge in [0, 0.05) is 12.3 Å². The lowest BCUT2D eigenvalue weighted by Crippen LogP contribution is -2.39. The molecule has 0 saturated heterocycles. The topological polar surface area (TPSA) is 32.3 Å². The minimum atomic E-state index is -4.13. The predicted molar refractivity (Wildman–Crippen MR) is 68.6 cm³/mol. The average molecular weight is 285 g/mol. The van der Waals surface area contributed by atoms with Crippen molar-refractivity contribution in [3.63, 3.8) is 0 Å². The van der Waals surface area contributed by atoms with Crippen molar-refractivity contribution in [2.24, 2.45) is 5.41 Å². The summed E-state index contributed by atoms with van der Waals surface area (Å²) in [6, 6.07) is 0. The van der Waals surface area contributed by atoms with Gasteiger partial charge in [0.1, 0.15) is 0 Å². The van der Waals surface area contributed by atoms with E-state index in [1.807, 2.05) is 6.92 Å². The maximum atomic E-state index is 12.2. The molecule has 1 rings (SSSR count). The molecule has 0 spiro atoms. The Bertz CT molecular complexity index is 234. The van der Waals surface area contributed by atoms with Gasteiger partial charge >= 0.3 is 5.51 Å². The van der Waals surface area contributed by atoms with E-state index in [1.54, 1.807) is 0 Å². The molecule has 2 N–H and O–H groups in total. The smallest absolute Gasteiger partial charge is 0.393 e. The molecule has 1 saturated carbocycles. The van der Waals surface area contributed by atoms with Crippen molar-refractivity contribution in [2.75, 3.05) is 18.8 Å². The van der Waals surface area contributed by atoms with Crippen LogP contribution in [0.3, 0.4) is 0 Å². The molecule has 0 radical (unpaired) electrons. The van der Waals surface area contributed by atoms with Crippen LogP contribution in [0.4, 0.5) is 13.2 Å². The molecule has 0 aromatic rings. The van der Waals surface area contributed by atoms with E-state index in [0.29, 0.717) is 19.3 Å². The third-order valence-electron chi connectivity index (χ3n) is 3.66. The molecule has 2 nitrogen and oxygen atoms in total. The molecular weight excluding hydrogens is 263 g/mol. The van der Waals surface area contributed by atoms with Gasteiger partial charge in [-0.1, -0.05) is 18.7 Å². The largest absolute Gasteiger partial charge is 0.441 e. The van der Waals surface area contributed by atoms with E-state index in [9.17, 15) is 18.3 Å². The first-order valence-electron chi connectivity index (χ1n) is 6.46. The second kappa shape index (κ2) is 7.01. The summed E-state index contributed by atoms with van der Waals surface area (Å²) in [5, 5.41) is 12.8. The number of halogens is 3. The van der Waals surface area contributed by atoms with Crippen molar-refractivity contribution in [3.05, 3.63) is 0 Å². The lowest BCUT2D eigenvalue weighted by atomic mass is 9.71. The number of thioether (sulfide) groups is 1. The Morgan fingerprint density at radius 1 is 1.33 bits per heavy atom. The van der Waals surface area contributed by atoms with Crippen molar-refractivity contribution < 1.29 is 18.3 Å². The second-order valence-electron chi connectivity index (χ2n) is 5.06. The monoisotopic (exact) mass is 285 g/mol. The normalized spacial score (nSPS) is 29.5. The van der Waals surface area contributed by atoms with Gasteiger partial charge in [-0.2, -0.15) is 13.2 Å². The van der Waals surface area contributed by atoms with Gasteiger partial charge in [-0.15, -0.1) is 0 Å². The molecule has 18 heavy (non-hydrogen) atoms.